The third-order valence-corrected chi connectivity index (χ3v) is 3.58. The first-order valence-corrected chi connectivity index (χ1v) is 7.69. The van der Waals surface area contributed by atoms with Crippen LogP contribution >= 0.6 is 0 Å². The van der Waals surface area contributed by atoms with E-state index in [4.69, 9.17) is 9.47 Å². The Morgan fingerprint density at radius 2 is 1.88 bits per heavy atom. The molecule has 25 heavy (non-hydrogen) atoms. The van der Waals surface area contributed by atoms with Crippen molar-refractivity contribution < 1.29 is 29.6 Å². The SMILES string of the molecule is COc1ccc(C(O)C(O)CNC(=O)OCc2ccccc2)cc1O. The summed E-state index contributed by atoms with van der Waals surface area (Å²) >= 11 is 0. The normalized spacial score (nSPS) is 12.9. The molecule has 0 fully saturated rings. The monoisotopic (exact) mass is 347 g/mol. The molecule has 0 spiro atoms. The minimum absolute atomic E-state index is 0.109. The summed E-state index contributed by atoms with van der Waals surface area (Å²) < 4.78 is 9.93. The number of hydrogen-bond acceptors (Lipinski definition) is 6. The first-order chi connectivity index (χ1) is 12.0. The molecule has 2 rings (SSSR count). The molecular weight excluding hydrogens is 326 g/mol. The van der Waals surface area contributed by atoms with Gasteiger partial charge in [-0.2, -0.15) is 0 Å². The van der Waals surface area contributed by atoms with Crippen molar-refractivity contribution in [2.24, 2.45) is 0 Å². The van der Waals surface area contributed by atoms with E-state index in [1.807, 2.05) is 30.3 Å². The van der Waals surface area contributed by atoms with Crippen LogP contribution in [0.2, 0.25) is 0 Å². The third-order valence-electron chi connectivity index (χ3n) is 3.58. The lowest BCUT2D eigenvalue weighted by atomic mass is 10.0. The summed E-state index contributed by atoms with van der Waals surface area (Å²) in [6.07, 6.45) is -3.25. The lowest BCUT2D eigenvalue weighted by molar-refractivity contribution is 0.0183. The number of aliphatic hydroxyl groups excluding tert-OH is 2. The molecule has 134 valence electrons. The smallest absolute Gasteiger partial charge is 0.407 e. The number of rotatable bonds is 7. The van der Waals surface area contributed by atoms with Crippen molar-refractivity contribution in [3.8, 4) is 11.5 Å². The molecule has 0 aliphatic carbocycles. The van der Waals surface area contributed by atoms with E-state index < -0.39 is 18.3 Å². The van der Waals surface area contributed by atoms with E-state index in [9.17, 15) is 20.1 Å². The standard InChI is InChI=1S/C18H21NO6/c1-24-16-8-7-13(9-14(16)20)17(22)15(21)10-19-18(23)25-11-12-5-3-2-4-6-12/h2-9,15,17,20-22H,10-11H2,1H3,(H,19,23). The maximum absolute atomic E-state index is 11.6. The number of ether oxygens (including phenoxy) is 2. The number of aliphatic hydroxyl groups is 2. The van der Waals surface area contributed by atoms with Gasteiger partial charge in [0, 0.05) is 6.54 Å². The van der Waals surface area contributed by atoms with E-state index in [1.165, 1.54) is 25.3 Å². The Balaban J connectivity index is 1.81. The van der Waals surface area contributed by atoms with Crippen LogP contribution in [-0.2, 0) is 11.3 Å². The summed E-state index contributed by atoms with van der Waals surface area (Å²) in [5.74, 6) is 0.106. The van der Waals surface area contributed by atoms with E-state index in [2.05, 4.69) is 5.32 Å². The van der Waals surface area contributed by atoms with Gasteiger partial charge in [-0.1, -0.05) is 36.4 Å². The zero-order chi connectivity index (χ0) is 18.2. The summed E-state index contributed by atoms with van der Waals surface area (Å²) in [6, 6.07) is 13.5. The lowest BCUT2D eigenvalue weighted by Gasteiger charge is -2.19. The number of aromatic hydroxyl groups is 1. The average Bonchev–Trinajstić information content (AvgIpc) is 2.64. The maximum atomic E-state index is 11.6. The lowest BCUT2D eigenvalue weighted by Crippen LogP contribution is -2.35. The first-order valence-electron chi connectivity index (χ1n) is 7.69. The fourth-order valence-electron chi connectivity index (χ4n) is 2.19. The van der Waals surface area contributed by atoms with Crippen LogP contribution in [0, 0.1) is 0 Å². The quantitative estimate of drug-likeness (QED) is 0.607. The molecule has 2 atom stereocenters. The van der Waals surface area contributed by atoms with Gasteiger partial charge in [0.15, 0.2) is 11.5 Å². The predicted octanol–water partition coefficient (Wildman–Crippen LogP) is 1.72. The Morgan fingerprint density at radius 1 is 1.16 bits per heavy atom. The highest BCUT2D eigenvalue weighted by atomic mass is 16.5. The second kappa shape index (κ2) is 8.91. The molecule has 2 aromatic carbocycles. The molecule has 0 radical (unpaired) electrons. The number of alkyl carbamates (subject to hydrolysis) is 1. The highest BCUT2D eigenvalue weighted by molar-refractivity contribution is 5.67. The number of phenols is 1. The molecule has 0 aliphatic rings. The van der Waals surface area contributed by atoms with Crippen LogP contribution in [-0.4, -0.2) is 41.2 Å². The van der Waals surface area contributed by atoms with E-state index in [0.717, 1.165) is 5.56 Å². The van der Waals surface area contributed by atoms with Crippen LogP contribution in [0.25, 0.3) is 0 Å². The Labute approximate surface area is 145 Å². The van der Waals surface area contributed by atoms with Gasteiger partial charge < -0.3 is 30.1 Å². The fraction of sp³-hybridized carbons (Fsp3) is 0.278. The van der Waals surface area contributed by atoms with Crippen molar-refractivity contribution in [2.45, 2.75) is 18.8 Å². The second-order valence-electron chi connectivity index (χ2n) is 5.39. The van der Waals surface area contributed by atoms with Crippen LogP contribution < -0.4 is 10.1 Å². The molecule has 0 aliphatic heterocycles. The maximum Gasteiger partial charge on any atom is 0.407 e. The van der Waals surface area contributed by atoms with Gasteiger partial charge in [0.2, 0.25) is 0 Å². The molecule has 7 heteroatoms. The zero-order valence-corrected chi connectivity index (χ0v) is 13.8. The van der Waals surface area contributed by atoms with Crippen molar-refractivity contribution in [1.29, 1.82) is 0 Å². The Kier molecular flexibility index (Phi) is 6.62. The number of carbonyl (C=O) groups is 1. The second-order valence-corrected chi connectivity index (χ2v) is 5.39. The number of hydrogen-bond donors (Lipinski definition) is 4. The Bertz CT molecular complexity index is 691. The molecular formula is C18H21NO6. The zero-order valence-electron chi connectivity index (χ0n) is 13.8. The largest absolute Gasteiger partial charge is 0.504 e. The molecule has 0 bridgehead atoms. The van der Waals surface area contributed by atoms with Gasteiger partial charge in [-0.25, -0.2) is 4.79 Å². The highest BCUT2D eigenvalue weighted by Gasteiger charge is 2.20. The average molecular weight is 347 g/mol. The summed E-state index contributed by atoms with van der Waals surface area (Å²) in [7, 11) is 1.41. The molecule has 0 aromatic heterocycles. The molecule has 2 unspecified atom stereocenters. The minimum Gasteiger partial charge on any atom is -0.504 e. The molecule has 0 saturated carbocycles. The molecule has 2 aromatic rings. The Hall–Kier alpha value is -2.77. The van der Waals surface area contributed by atoms with Crippen molar-refractivity contribution in [2.75, 3.05) is 13.7 Å². The molecule has 4 N–H and O–H groups in total. The van der Waals surface area contributed by atoms with Crippen LogP contribution in [0.4, 0.5) is 4.79 Å². The van der Waals surface area contributed by atoms with Gasteiger partial charge in [-0.15, -0.1) is 0 Å². The van der Waals surface area contributed by atoms with Gasteiger partial charge >= 0.3 is 6.09 Å². The first kappa shape index (κ1) is 18.6. The van der Waals surface area contributed by atoms with Crippen molar-refractivity contribution in [3.05, 3.63) is 59.7 Å². The van der Waals surface area contributed by atoms with Crippen LogP contribution in [0.3, 0.4) is 0 Å². The van der Waals surface area contributed by atoms with Crippen LogP contribution in [0.15, 0.2) is 48.5 Å². The predicted molar refractivity (Wildman–Crippen MR) is 90.3 cm³/mol. The van der Waals surface area contributed by atoms with E-state index >= 15 is 0 Å². The number of carbonyl (C=O) groups excluding carboxylic acids is 1. The van der Waals surface area contributed by atoms with Crippen LogP contribution in [0.5, 0.6) is 11.5 Å². The molecule has 1 amide bonds. The van der Waals surface area contributed by atoms with Crippen molar-refractivity contribution >= 4 is 6.09 Å². The number of nitrogens with one attached hydrogen (secondary N) is 1. The number of amides is 1. The van der Waals surface area contributed by atoms with Gasteiger partial charge in [-0.3, -0.25) is 0 Å². The number of phenolic OH excluding ortho intramolecular Hbond substituents is 1. The molecule has 0 saturated heterocycles. The van der Waals surface area contributed by atoms with Crippen molar-refractivity contribution in [3.63, 3.8) is 0 Å². The van der Waals surface area contributed by atoms with Crippen LogP contribution in [0.1, 0.15) is 17.2 Å². The summed E-state index contributed by atoms with van der Waals surface area (Å²) in [5, 5.41) is 32.2. The van der Waals surface area contributed by atoms with Gasteiger partial charge in [-0.05, 0) is 23.3 Å². The van der Waals surface area contributed by atoms with E-state index in [1.54, 1.807) is 0 Å². The minimum atomic E-state index is -1.29. The topological polar surface area (TPSA) is 108 Å². The van der Waals surface area contributed by atoms with Gasteiger partial charge in [0.1, 0.15) is 18.8 Å². The molecule has 7 nitrogen and oxygen atoms in total. The van der Waals surface area contributed by atoms with Gasteiger partial charge in [0.05, 0.1) is 7.11 Å². The number of benzene rings is 2. The summed E-state index contributed by atoms with van der Waals surface area (Å²) in [6.45, 7) is -0.0980. The van der Waals surface area contributed by atoms with E-state index in [0.29, 0.717) is 5.56 Å². The fourth-order valence-corrected chi connectivity index (χ4v) is 2.19. The molecule has 0 heterocycles. The summed E-state index contributed by atoms with van der Waals surface area (Å²) in [4.78, 5) is 11.6. The number of methoxy groups -OCH3 is 1. The van der Waals surface area contributed by atoms with Crippen molar-refractivity contribution in [1.82, 2.24) is 5.32 Å². The van der Waals surface area contributed by atoms with Gasteiger partial charge in [0.25, 0.3) is 0 Å². The Morgan fingerprint density at radius 3 is 2.52 bits per heavy atom. The third kappa shape index (κ3) is 5.37. The highest BCUT2D eigenvalue weighted by Crippen LogP contribution is 2.29. The summed E-state index contributed by atoms with van der Waals surface area (Å²) in [5.41, 5.74) is 1.14. The van der Waals surface area contributed by atoms with E-state index in [-0.39, 0.29) is 24.7 Å².